The molecule has 176 valence electrons. The molecule has 0 radical (unpaired) electrons. The van der Waals surface area contributed by atoms with Gasteiger partial charge in [0.25, 0.3) is 0 Å². The Balaban J connectivity index is 1.37. The Bertz CT molecular complexity index is 1060. The zero-order chi connectivity index (χ0) is 23.0. The summed E-state index contributed by atoms with van der Waals surface area (Å²) in [7, 11) is 2.09. The molecule has 7 heteroatoms. The second-order valence-corrected chi connectivity index (χ2v) is 10.9. The van der Waals surface area contributed by atoms with E-state index >= 15 is 0 Å². The lowest BCUT2D eigenvalue weighted by molar-refractivity contribution is -0.187. The van der Waals surface area contributed by atoms with Crippen LogP contribution in [-0.2, 0) is 16.6 Å². The van der Waals surface area contributed by atoms with Gasteiger partial charge in [0.15, 0.2) is 11.5 Å². The van der Waals surface area contributed by atoms with E-state index in [-0.39, 0.29) is 35.1 Å². The fourth-order valence-electron chi connectivity index (χ4n) is 7.52. The Kier molecular flexibility index (Phi) is 4.97. The van der Waals surface area contributed by atoms with E-state index in [1.807, 2.05) is 18.2 Å². The number of carbonyl (C=O) groups is 1. The molecular formula is C26H31ClN2O4. The van der Waals surface area contributed by atoms with Gasteiger partial charge in [-0.05, 0) is 81.3 Å². The number of aliphatic hydroxyl groups is 1. The maximum atomic E-state index is 12.4. The average Bonchev–Trinajstić information content (AvgIpc) is 3.16. The number of rotatable bonds is 5. The fraction of sp³-hybridized carbons (Fsp3) is 0.577. The van der Waals surface area contributed by atoms with Gasteiger partial charge >= 0.3 is 0 Å². The first kappa shape index (κ1) is 21.7. The molecule has 3 aliphatic carbocycles. The lowest BCUT2D eigenvalue weighted by Crippen LogP contribution is -2.78. The van der Waals surface area contributed by atoms with Crippen molar-refractivity contribution in [1.82, 2.24) is 10.2 Å². The Hall–Kier alpha value is -1.86. The molecule has 1 saturated carbocycles. The first-order valence-corrected chi connectivity index (χ1v) is 12.5. The van der Waals surface area contributed by atoms with Crippen LogP contribution in [0.15, 0.2) is 36.4 Å². The van der Waals surface area contributed by atoms with Crippen molar-refractivity contribution in [2.45, 2.75) is 73.8 Å². The van der Waals surface area contributed by atoms with Crippen molar-refractivity contribution in [1.29, 1.82) is 0 Å². The topological polar surface area (TPSA) is 82.0 Å². The van der Waals surface area contributed by atoms with Crippen LogP contribution in [0.25, 0.3) is 0 Å². The Labute approximate surface area is 199 Å². The molecular weight excluding hydrogens is 440 g/mol. The molecule has 1 unspecified atom stereocenters. The number of nitrogens with zero attached hydrogens (tertiary/aromatic N) is 1. The number of ether oxygens (including phenoxy) is 1. The van der Waals surface area contributed by atoms with E-state index < -0.39 is 17.1 Å². The lowest BCUT2D eigenvalue weighted by Gasteiger charge is -2.63. The van der Waals surface area contributed by atoms with Crippen molar-refractivity contribution in [3.63, 3.8) is 0 Å². The minimum absolute atomic E-state index is 0.00547. The van der Waals surface area contributed by atoms with Crippen molar-refractivity contribution >= 4 is 16.8 Å². The molecule has 1 aromatic rings. The molecule has 0 aromatic heterocycles. The predicted molar refractivity (Wildman–Crippen MR) is 126 cm³/mol. The third-order valence-electron chi connectivity index (χ3n) is 9.03. The van der Waals surface area contributed by atoms with Crippen molar-refractivity contribution in [3.05, 3.63) is 47.6 Å². The van der Waals surface area contributed by atoms with Gasteiger partial charge in [-0.3, -0.25) is 10.1 Å². The highest BCUT2D eigenvalue weighted by molar-refractivity contribution is 6.64. The van der Waals surface area contributed by atoms with Crippen molar-refractivity contribution in [2.24, 2.45) is 5.92 Å². The van der Waals surface area contributed by atoms with Gasteiger partial charge in [-0.15, -0.1) is 0 Å². The van der Waals surface area contributed by atoms with E-state index in [9.17, 15) is 15.0 Å². The van der Waals surface area contributed by atoms with E-state index in [2.05, 4.69) is 29.4 Å². The highest BCUT2D eigenvalue weighted by Crippen LogP contribution is 2.65. The fourth-order valence-corrected chi connectivity index (χ4v) is 7.67. The third-order valence-corrected chi connectivity index (χ3v) is 9.29. The van der Waals surface area contributed by atoms with Crippen LogP contribution in [0.4, 0.5) is 0 Å². The molecule has 3 N–H and O–H groups in total. The summed E-state index contributed by atoms with van der Waals surface area (Å²) in [6.45, 7) is 0.852. The number of likely N-dealkylation sites (tertiary alicyclic amines) is 1. The van der Waals surface area contributed by atoms with Gasteiger partial charge in [-0.2, -0.15) is 0 Å². The molecule has 1 spiro atoms. The van der Waals surface area contributed by atoms with Gasteiger partial charge in [0.05, 0.1) is 17.1 Å². The summed E-state index contributed by atoms with van der Waals surface area (Å²) < 4.78 is 6.52. The van der Waals surface area contributed by atoms with Gasteiger partial charge in [0.2, 0.25) is 5.24 Å². The molecule has 5 aliphatic rings. The molecule has 0 amide bonds. The molecule has 2 heterocycles. The van der Waals surface area contributed by atoms with Crippen LogP contribution in [0.2, 0.25) is 0 Å². The molecule has 33 heavy (non-hydrogen) atoms. The summed E-state index contributed by atoms with van der Waals surface area (Å²) in [5, 5.41) is 26.1. The lowest BCUT2D eigenvalue weighted by atomic mass is 9.48. The number of nitrogens with one attached hydrogen (secondary N) is 1. The Morgan fingerprint density at radius 2 is 2.21 bits per heavy atom. The number of phenols is 1. The molecule has 1 aromatic carbocycles. The van der Waals surface area contributed by atoms with E-state index in [4.69, 9.17) is 16.3 Å². The zero-order valence-corrected chi connectivity index (χ0v) is 19.6. The van der Waals surface area contributed by atoms with E-state index in [0.29, 0.717) is 25.0 Å². The quantitative estimate of drug-likeness (QED) is 0.574. The number of carbonyl (C=O) groups excluding carboxylic acids is 1. The van der Waals surface area contributed by atoms with Crippen molar-refractivity contribution < 1.29 is 19.7 Å². The summed E-state index contributed by atoms with van der Waals surface area (Å²) in [5.41, 5.74) is 0.595. The van der Waals surface area contributed by atoms with Gasteiger partial charge in [-0.25, -0.2) is 0 Å². The van der Waals surface area contributed by atoms with E-state index in [0.717, 1.165) is 36.9 Å². The number of halogens is 1. The first-order chi connectivity index (χ1) is 15.8. The zero-order valence-electron chi connectivity index (χ0n) is 18.8. The van der Waals surface area contributed by atoms with Gasteiger partial charge in [0.1, 0.15) is 6.10 Å². The van der Waals surface area contributed by atoms with Crippen LogP contribution in [0.1, 0.15) is 43.2 Å². The van der Waals surface area contributed by atoms with Crippen LogP contribution < -0.4 is 10.1 Å². The normalized spacial score (nSPS) is 39.1. The van der Waals surface area contributed by atoms with Crippen LogP contribution in [0.5, 0.6) is 11.5 Å². The minimum Gasteiger partial charge on any atom is -0.504 e. The van der Waals surface area contributed by atoms with Crippen LogP contribution in [-0.4, -0.2) is 63.8 Å². The van der Waals surface area contributed by atoms with Crippen LogP contribution in [0, 0.1) is 5.92 Å². The maximum absolute atomic E-state index is 12.4. The van der Waals surface area contributed by atoms with Gasteiger partial charge in [-0.1, -0.05) is 30.4 Å². The van der Waals surface area contributed by atoms with Gasteiger partial charge in [0, 0.05) is 17.6 Å². The van der Waals surface area contributed by atoms with Crippen LogP contribution in [0.3, 0.4) is 0 Å². The molecule has 7 atom stereocenters. The largest absolute Gasteiger partial charge is 0.504 e. The number of piperidine rings is 1. The van der Waals surface area contributed by atoms with E-state index in [1.54, 1.807) is 6.07 Å². The Morgan fingerprint density at radius 3 is 2.97 bits per heavy atom. The first-order valence-electron chi connectivity index (χ1n) is 12.1. The third kappa shape index (κ3) is 2.94. The number of aromatic hydroxyl groups is 1. The van der Waals surface area contributed by atoms with Crippen molar-refractivity contribution in [2.75, 3.05) is 13.6 Å². The van der Waals surface area contributed by atoms with Crippen molar-refractivity contribution in [3.8, 4) is 11.5 Å². The number of likely N-dealkylation sites (N-methyl/N-ethyl adjacent to an activating group) is 1. The molecule has 2 bridgehead atoms. The minimum atomic E-state index is -0.938. The standard InChI is InChI=1S/C26H31ClN2O4/c1-29-12-11-25-21-16-7-8-19(30)22(21)33-23(25)17(9-10-26(25,32)20(29)14-16)28-18(24(27)31)13-15-5-3-2-4-6-15/h2-5,7-8,15,17-18,20,23,28,30,32H,6,9-14H2,1H3/t15?,17-,18+,20-,23+,25+,26-/m1/s1. The molecule has 2 fully saturated rings. The summed E-state index contributed by atoms with van der Waals surface area (Å²) in [6.07, 6.45) is 12.2. The summed E-state index contributed by atoms with van der Waals surface area (Å²) in [5.74, 6) is 0.899. The summed E-state index contributed by atoms with van der Waals surface area (Å²) >= 11 is 6.07. The molecule has 6 rings (SSSR count). The van der Waals surface area contributed by atoms with Gasteiger partial charge < -0.3 is 19.8 Å². The Morgan fingerprint density at radius 1 is 1.36 bits per heavy atom. The number of phenolic OH excluding ortho intramolecular Hbond substituents is 1. The number of hydrogen-bond acceptors (Lipinski definition) is 6. The van der Waals surface area contributed by atoms with Crippen LogP contribution >= 0.6 is 11.6 Å². The second-order valence-electron chi connectivity index (χ2n) is 10.5. The number of allylic oxidation sites excluding steroid dienone is 4. The highest BCUT2D eigenvalue weighted by atomic mass is 35.5. The smallest absolute Gasteiger partial charge is 0.238 e. The molecule has 1 saturated heterocycles. The number of benzene rings is 1. The second kappa shape index (κ2) is 7.57. The summed E-state index contributed by atoms with van der Waals surface area (Å²) in [4.78, 5) is 14.7. The SMILES string of the molecule is CN1CC[C@]23c4c5ccc(O)c4O[C@H]2[C@H](N[C@@H](CC2C=CC=CC2)C(=O)Cl)CC[C@@]3(O)[C@H]1C5. The maximum Gasteiger partial charge on any atom is 0.238 e. The summed E-state index contributed by atoms with van der Waals surface area (Å²) in [6, 6.07) is 3.05. The number of hydrogen-bond donors (Lipinski definition) is 3. The van der Waals surface area contributed by atoms with E-state index in [1.165, 1.54) is 0 Å². The highest BCUT2D eigenvalue weighted by Gasteiger charge is 2.72. The molecule has 6 nitrogen and oxygen atoms in total. The monoisotopic (exact) mass is 470 g/mol. The molecule has 2 aliphatic heterocycles. The average molecular weight is 471 g/mol. The predicted octanol–water partition coefficient (Wildman–Crippen LogP) is 2.79.